The summed E-state index contributed by atoms with van der Waals surface area (Å²) in [5, 5.41) is 12.7. The van der Waals surface area contributed by atoms with Crippen LogP contribution < -0.4 is 10.1 Å². The molecule has 0 saturated heterocycles. The number of benzene rings is 1. The van der Waals surface area contributed by atoms with Gasteiger partial charge < -0.3 is 4.74 Å². The quantitative estimate of drug-likeness (QED) is 0.825. The first-order valence-corrected chi connectivity index (χ1v) is 9.03. The lowest BCUT2D eigenvalue weighted by atomic mass is 9.90. The molecule has 1 aliphatic rings. The molecule has 1 N–H and O–H groups in total. The third-order valence-electron chi connectivity index (χ3n) is 4.18. The van der Waals surface area contributed by atoms with E-state index < -0.39 is 0 Å². The van der Waals surface area contributed by atoms with Crippen LogP contribution in [0.4, 0.5) is 5.13 Å². The molecule has 1 amide bonds. The lowest BCUT2D eigenvalue weighted by Gasteiger charge is -2.18. The number of anilines is 1. The van der Waals surface area contributed by atoms with Crippen LogP contribution in [-0.2, 0) is 4.79 Å². The van der Waals surface area contributed by atoms with Gasteiger partial charge in [0.15, 0.2) is 0 Å². The summed E-state index contributed by atoms with van der Waals surface area (Å²) in [7, 11) is 1.61. The molecule has 3 rings (SSSR count). The Morgan fingerprint density at radius 3 is 2.83 bits per heavy atom. The molecular formula is C18H21N3O2S. The van der Waals surface area contributed by atoms with Crippen LogP contribution in [0.3, 0.4) is 0 Å². The number of aromatic nitrogens is 2. The lowest BCUT2D eigenvalue weighted by molar-refractivity contribution is -0.111. The van der Waals surface area contributed by atoms with E-state index in [2.05, 4.69) is 15.5 Å². The molecule has 126 valence electrons. The zero-order valence-corrected chi connectivity index (χ0v) is 14.5. The Hall–Kier alpha value is -2.21. The number of hydrogen-bond acceptors (Lipinski definition) is 5. The number of para-hydroxylation sites is 1. The number of rotatable bonds is 5. The molecule has 5 nitrogen and oxygen atoms in total. The Morgan fingerprint density at radius 1 is 1.25 bits per heavy atom. The third-order valence-corrected chi connectivity index (χ3v) is 5.18. The second-order valence-corrected chi connectivity index (χ2v) is 6.85. The molecule has 1 saturated carbocycles. The van der Waals surface area contributed by atoms with Gasteiger partial charge in [-0.25, -0.2) is 0 Å². The van der Waals surface area contributed by atoms with Gasteiger partial charge in [-0.05, 0) is 25.0 Å². The molecule has 0 bridgehead atoms. The SMILES string of the molecule is COc1ccccc1/C=C/C(=O)Nc1nnc(C2CCCCC2)s1. The Labute approximate surface area is 145 Å². The molecule has 1 fully saturated rings. The van der Waals surface area contributed by atoms with Crippen LogP contribution in [0.1, 0.15) is 48.6 Å². The van der Waals surface area contributed by atoms with Gasteiger partial charge in [0.05, 0.1) is 7.11 Å². The fourth-order valence-corrected chi connectivity index (χ4v) is 3.83. The van der Waals surface area contributed by atoms with Crippen LogP contribution in [0.15, 0.2) is 30.3 Å². The molecule has 1 aliphatic carbocycles. The summed E-state index contributed by atoms with van der Waals surface area (Å²) >= 11 is 1.48. The van der Waals surface area contributed by atoms with Crippen molar-refractivity contribution in [3.05, 3.63) is 40.9 Å². The molecule has 1 aromatic heterocycles. The van der Waals surface area contributed by atoms with E-state index >= 15 is 0 Å². The van der Waals surface area contributed by atoms with E-state index in [9.17, 15) is 4.79 Å². The van der Waals surface area contributed by atoms with Gasteiger partial charge in [-0.3, -0.25) is 10.1 Å². The van der Waals surface area contributed by atoms with Crippen molar-refractivity contribution in [1.29, 1.82) is 0 Å². The predicted octanol–water partition coefficient (Wildman–Crippen LogP) is 4.25. The number of methoxy groups -OCH3 is 1. The fraction of sp³-hybridized carbons (Fsp3) is 0.389. The molecule has 24 heavy (non-hydrogen) atoms. The number of nitrogens with zero attached hydrogens (tertiary/aromatic N) is 2. The van der Waals surface area contributed by atoms with Crippen LogP contribution >= 0.6 is 11.3 Å². The number of nitrogens with one attached hydrogen (secondary N) is 1. The largest absolute Gasteiger partial charge is 0.496 e. The second kappa shape index (κ2) is 8.06. The molecule has 0 atom stereocenters. The highest BCUT2D eigenvalue weighted by molar-refractivity contribution is 7.15. The van der Waals surface area contributed by atoms with E-state index in [1.165, 1.54) is 49.5 Å². The first-order chi connectivity index (χ1) is 11.8. The van der Waals surface area contributed by atoms with Crippen molar-refractivity contribution in [3.63, 3.8) is 0 Å². The summed E-state index contributed by atoms with van der Waals surface area (Å²) in [6, 6.07) is 7.55. The average Bonchev–Trinajstić information content (AvgIpc) is 3.09. The molecular weight excluding hydrogens is 322 g/mol. The van der Waals surface area contributed by atoms with Crippen molar-refractivity contribution >= 4 is 28.5 Å². The van der Waals surface area contributed by atoms with E-state index in [4.69, 9.17) is 4.74 Å². The number of ether oxygens (including phenoxy) is 1. The van der Waals surface area contributed by atoms with E-state index in [-0.39, 0.29) is 5.91 Å². The van der Waals surface area contributed by atoms with Crippen molar-refractivity contribution < 1.29 is 9.53 Å². The number of carbonyl (C=O) groups excluding carboxylic acids is 1. The van der Waals surface area contributed by atoms with Gasteiger partial charge in [0.25, 0.3) is 0 Å². The van der Waals surface area contributed by atoms with Gasteiger partial charge in [-0.15, -0.1) is 10.2 Å². The van der Waals surface area contributed by atoms with Gasteiger partial charge in [-0.2, -0.15) is 0 Å². The molecule has 0 unspecified atom stereocenters. The van der Waals surface area contributed by atoms with E-state index in [1.54, 1.807) is 13.2 Å². The van der Waals surface area contributed by atoms with Crippen molar-refractivity contribution in [3.8, 4) is 5.75 Å². The highest BCUT2D eigenvalue weighted by Gasteiger charge is 2.19. The van der Waals surface area contributed by atoms with Crippen LogP contribution in [0, 0.1) is 0 Å². The first kappa shape index (κ1) is 16.6. The second-order valence-electron chi connectivity index (χ2n) is 5.84. The Balaban J connectivity index is 1.60. The zero-order valence-electron chi connectivity index (χ0n) is 13.7. The van der Waals surface area contributed by atoms with Crippen molar-refractivity contribution in [1.82, 2.24) is 10.2 Å². The highest BCUT2D eigenvalue weighted by Crippen LogP contribution is 2.35. The number of amides is 1. The standard InChI is InChI=1S/C18H21N3O2S/c1-23-15-10-6-5-7-13(15)11-12-16(22)19-18-21-20-17(24-18)14-8-3-2-4-9-14/h5-7,10-12,14H,2-4,8-9H2,1H3,(H,19,21,22)/b12-11+. The van der Waals surface area contributed by atoms with Crippen LogP contribution in [0.5, 0.6) is 5.75 Å². The summed E-state index contributed by atoms with van der Waals surface area (Å²) in [4.78, 5) is 12.1. The van der Waals surface area contributed by atoms with Crippen LogP contribution in [-0.4, -0.2) is 23.2 Å². The topological polar surface area (TPSA) is 64.1 Å². The van der Waals surface area contributed by atoms with Crippen molar-refractivity contribution in [2.75, 3.05) is 12.4 Å². The minimum absolute atomic E-state index is 0.216. The van der Waals surface area contributed by atoms with E-state index in [1.807, 2.05) is 24.3 Å². The minimum Gasteiger partial charge on any atom is -0.496 e. The lowest BCUT2D eigenvalue weighted by Crippen LogP contribution is -2.07. The summed E-state index contributed by atoms with van der Waals surface area (Å²) in [5.41, 5.74) is 0.857. The summed E-state index contributed by atoms with van der Waals surface area (Å²) in [6.45, 7) is 0. The van der Waals surface area contributed by atoms with E-state index in [0.29, 0.717) is 11.0 Å². The summed E-state index contributed by atoms with van der Waals surface area (Å²) < 4.78 is 5.26. The monoisotopic (exact) mass is 343 g/mol. The van der Waals surface area contributed by atoms with Gasteiger partial charge >= 0.3 is 0 Å². The Kier molecular flexibility index (Phi) is 5.59. The summed E-state index contributed by atoms with van der Waals surface area (Å²) in [5.74, 6) is 1.02. The predicted molar refractivity (Wildman–Crippen MR) is 96.4 cm³/mol. The van der Waals surface area contributed by atoms with Gasteiger partial charge in [0.2, 0.25) is 11.0 Å². The molecule has 1 aromatic carbocycles. The highest BCUT2D eigenvalue weighted by atomic mass is 32.1. The third kappa shape index (κ3) is 4.20. The molecule has 0 aliphatic heterocycles. The minimum atomic E-state index is -0.216. The van der Waals surface area contributed by atoms with Crippen molar-refractivity contribution in [2.45, 2.75) is 38.0 Å². The fourth-order valence-electron chi connectivity index (χ4n) is 2.92. The van der Waals surface area contributed by atoms with Gasteiger partial charge in [0, 0.05) is 17.6 Å². The maximum atomic E-state index is 12.1. The molecule has 6 heteroatoms. The summed E-state index contributed by atoms with van der Waals surface area (Å²) in [6.07, 6.45) is 9.40. The maximum absolute atomic E-state index is 12.1. The van der Waals surface area contributed by atoms with E-state index in [0.717, 1.165) is 16.3 Å². The molecule has 2 aromatic rings. The van der Waals surface area contributed by atoms with Gasteiger partial charge in [0.1, 0.15) is 10.8 Å². The molecule has 1 heterocycles. The normalized spacial score (nSPS) is 15.5. The number of carbonyl (C=O) groups is 1. The first-order valence-electron chi connectivity index (χ1n) is 8.22. The maximum Gasteiger partial charge on any atom is 0.250 e. The zero-order chi connectivity index (χ0) is 16.8. The van der Waals surface area contributed by atoms with Crippen LogP contribution in [0.25, 0.3) is 6.08 Å². The number of hydrogen-bond donors (Lipinski definition) is 1. The van der Waals surface area contributed by atoms with Gasteiger partial charge in [-0.1, -0.05) is 48.8 Å². The van der Waals surface area contributed by atoms with Crippen molar-refractivity contribution in [2.24, 2.45) is 0 Å². The van der Waals surface area contributed by atoms with Crippen LogP contribution in [0.2, 0.25) is 0 Å². The molecule has 0 radical (unpaired) electrons. The smallest absolute Gasteiger partial charge is 0.250 e. The Morgan fingerprint density at radius 2 is 2.04 bits per heavy atom. The Bertz CT molecular complexity index is 721. The molecule has 0 spiro atoms. The average molecular weight is 343 g/mol.